The minimum absolute atomic E-state index is 0.275. The van der Waals surface area contributed by atoms with Crippen LogP contribution >= 0.6 is 15.9 Å². The van der Waals surface area contributed by atoms with Gasteiger partial charge in [-0.15, -0.1) is 0 Å². The standard InChI is InChI=1S/C14H26BrN5/c1-5-20-14(11(15)9-17-20)13(16-2)12-10-18(3)7-6-8-19(12)4/h9,12-13,16H,5-8,10H2,1-4H3. The molecule has 1 aromatic rings. The second kappa shape index (κ2) is 7.02. The lowest BCUT2D eigenvalue weighted by atomic mass is 10.0. The molecule has 1 fully saturated rings. The van der Waals surface area contributed by atoms with E-state index in [-0.39, 0.29) is 6.04 Å². The Hall–Kier alpha value is -0.430. The molecule has 0 radical (unpaired) electrons. The summed E-state index contributed by atoms with van der Waals surface area (Å²) in [6.45, 7) is 6.42. The molecule has 2 rings (SSSR count). The number of aryl methyl sites for hydroxylation is 1. The molecule has 1 saturated heterocycles. The second-order valence-corrected chi connectivity index (χ2v) is 6.48. The van der Waals surface area contributed by atoms with Crippen molar-refractivity contribution in [3.8, 4) is 0 Å². The van der Waals surface area contributed by atoms with E-state index in [1.807, 2.05) is 13.2 Å². The zero-order valence-corrected chi connectivity index (χ0v) is 14.5. The summed E-state index contributed by atoms with van der Waals surface area (Å²) < 4.78 is 3.18. The molecule has 1 N–H and O–H groups in total. The van der Waals surface area contributed by atoms with E-state index >= 15 is 0 Å². The van der Waals surface area contributed by atoms with Crippen LogP contribution < -0.4 is 5.32 Å². The summed E-state index contributed by atoms with van der Waals surface area (Å²) in [4.78, 5) is 4.91. The van der Waals surface area contributed by atoms with Gasteiger partial charge in [-0.1, -0.05) is 0 Å². The fourth-order valence-electron chi connectivity index (χ4n) is 3.11. The summed E-state index contributed by atoms with van der Waals surface area (Å²) in [7, 11) is 6.49. The average Bonchev–Trinajstić information content (AvgIpc) is 2.71. The Bertz CT molecular complexity index is 433. The third-order valence-electron chi connectivity index (χ3n) is 4.24. The van der Waals surface area contributed by atoms with Crippen LogP contribution in [0.2, 0.25) is 0 Å². The predicted molar refractivity (Wildman–Crippen MR) is 85.9 cm³/mol. The summed E-state index contributed by atoms with van der Waals surface area (Å²) in [6.07, 6.45) is 3.14. The van der Waals surface area contributed by atoms with Crippen molar-refractivity contribution in [1.82, 2.24) is 24.9 Å². The number of halogens is 1. The summed E-state index contributed by atoms with van der Waals surface area (Å²) in [6, 6.07) is 0.725. The summed E-state index contributed by atoms with van der Waals surface area (Å²) >= 11 is 3.67. The third-order valence-corrected chi connectivity index (χ3v) is 4.85. The van der Waals surface area contributed by atoms with Gasteiger partial charge in [0, 0.05) is 19.1 Å². The molecule has 0 bridgehead atoms. The molecule has 2 atom stereocenters. The smallest absolute Gasteiger partial charge is 0.0711 e. The first-order valence-corrected chi connectivity index (χ1v) is 8.15. The van der Waals surface area contributed by atoms with Gasteiger partial charge in [0.25, 0.3) is 0 Å². The van der Waals surface area contributed by atoms with Crippen LogP contribution in [0.15, 0.2) is 10.7 Å². The van der Waals surface area contributed by atoms with E-state index < -0.39 is 0 Å². The van der Waals surface area contributed by atoms with Gasteiger partial charge >= 0.3 is 0 Å². The number of rotatable bonds is 4. The van der Waals surface area contributed by atoms with Crippen LogP contribution in [0.5, 0.6) is 0 Å². The van der Waals surface area contributed by atoms with Crippen molar-refractivity contribution in [2.45, 2.75) is 32.0 Å². The van der Waals surface area contributed by atoms with Crippen LogP contribution in [0.3, 0.4) is 0 Å². The highest BCUT2D eigenvalue weighted by atomic mass is 79.9. The lowest BCUT2D eigenvalue weighted by Crippen LogP contribution is -2.47. The molecular weight excluding hydrogens is 318 g/mol. The topological polar surface area (TPSA) is 36.3 Å². The molecule has 0 spiro atoms. The first kappa shape index (κ1) is 15.9. The van der Waals surface area contributed by atoms with Crippen molar-refractivity contribution in [3.63, 3.8) is 0 Å². The summed E-state index contributed by atoms with van der Waals surface area (Å²) in [5.41, 5.74) is 1.25. The number of aromatic nitrogens is 2. The fraction of sp³-hybridized carbons (Fsp3) is 0.786. The van der Waals surface area contributed by atoms with E-state index in [2.05, 4.69) is 61.8 Å². The minimum atomic E-state index is 0.275. The van der Waals surface area contributed by atoms with Crippen molar-refractivity contribution in [1.29, 1.82) is 0 Å². The molecule has 0 aromatic carbocycles. The van der Waals surface area contributed by atoms with Gasteiger partial charge in [0.2, 0.25) is 0 Å². The van der Waals surface area contributed by atoms with E-state index in [9.17, 15) is 0 Å². The summed E-state index contributed by atoms with van der Waals surface area (Å²) in [5.74, 6) is 0. The fourth-order valence-corrected chi connectivity index (χ4v) is 3.65. The molecule has 20 heavy (non-hydrogen) atoms. The maximum absolute atomic E-state index is 4.46. The highest BCUT2D eigenvalue weighted by Crippen LogP contribution is 2.28. The zero-order valence-electron chi connectivity index (χ0n) is 12.9. The first-order valence-electron chi connectivity index (χ1n) is 7.35. The van der Waals surface area contributed by atoms with Gasteiger partial charge in [-0.3, -0.25) is 4.68 Å². The Labute approximate surface area is 130 Å². The molecule has 0 amide bonds. The van der Waals surface area contributed by atoms with Crippen molar-refractivity contribution in [2.75, 3.05) is 40.8 Å². The van der Waals surface area contributed by atoms with Crippen LogP contribution in [0.4, 0.5) is 0 Å². The zero-order chi connectivity index (χ0) is 14.7. The van der Waals surface area contributed by atoms with Crippen LogP contribution in [-0.4, -0.2) is 66.4 Å². The number of likely N-dealkylation sites (N-methyl/N-ethyl adjacent to an activating group) is 3. The number of hydrogen-bond donors (Lipinski definition) is 1. The van der Waals surface area contributed by atoms with Gasteiger partial charge in [-0.05, 0) is 63.5 Å². The second-order valence-electron chi connectivity index (χ2n) is 5.62. The molecule has 5 nitrogen and oxygen atoms in total. The molecular formula is C14H26BrN5. The SMILES string of the molecule is CCn1ncc(Br)c1C(NC)C1CN(C)CCCN1C. The van der Waals surface area contributed by atoms with Gasteiger partial charge in [0.05, 0.1) is 22.4 Å². The average molecular weight is 344 g/mol. The minimum Gasteiger partial charge on any atom is -0.310 e. The highest BCUT2D eigenvalue weighted by molar-refractivity contribution is 9.10. The van der Waals surface area contributed by atoms with Gasteiger partial charge < -0.3 is 15.1 Å². The number of nitrogens with zero attached hydrogens (tertiary/aromatic N) is 4. The number of hydrogen-bond acceptors (Lipinski definition) is 4. The molecule has 114 valence electrons. The van der Waals surface area contributed by atoms with E-state index in [0.29, 0.717) is 6.04 Å². The van der Waals surface area contributed by atoms with E-state index in [0.717, 1.165) is 24.1 Å². The van der Waals surface area contributed by atoms with E-state index in [1.165, 1.54) is 18.7 Å². The Balaban J connectivity index is 2.32. The Kier molecular flexibility index (Phi) is 5.60. The maximum atomic E-state index is 4.46. The van der Waals surface area contributed by atoms with Crippen LogP contribution in [0.25, 0.3) is 0 Å². The monoisotopic (exact) mass is 343 g/mol. The molecule has 1 aliphatic heterocycles. The van der Waals surface area contributed by atoms with Crippen molar-refractivity contribution in [3.05, 3.63) is 16.4 Å². The molecule has 1 aromatic heterocycles. The van der Waals surface area contributed by atoms with Gasteiger partial charge in [0.1, 0.15) is 0 Å². The van der Waals surface area contributed by atoms with Crippen LogP contribution in [0.1, 0.15) is 25.1 Å². The first-order chi connectivity index (χ1) is 9.58. The Morgan fingerprint density at radius 1 is 1.45 bits per heavy atom. The van der Waals surface area contributed by atoms with Gasteiger partial charge in [0.15, 0.2) is 0 Å². The molecule has 6 heteroatoms. The lowest BCUT2D eigenvalue weighted by molar-refractivity contribution is 0.177. The van der Waals surface area contributed by atoms with E-state index in [1.54, 1.807) is 0 Å². The molecule has 2 heterocycles. The van der Waals surface area contributed by atoms with Crippen molar-refractivity contribution in [2.24, 2.45) is 0 Å². The lowest BCUT2D eigenvalue weighted by Gasteiger charge is -2.34. The van der Waals surface area contributed by atoms with Gasteiger partial charge in [-0.25, -0.2) is 0 Å². The summed E-state index contributed by atoms with van der Waals surface area (Å²) in [5, 5.41) is 7.97. The van der Waals surface area contributed by atoms with Crippen LogP contribution in [0, 0.1) is 0 Å². The van der Waals surface area contributed by atoms with E-state index in [4.69, 9.17) is 0 Å². The third kappa shape index (κ3) is 3.24. The molecule has 0 saturated carbocycles. The number of nitrogens with one attached hydrogen (secondary N) is 1. The van der Waals surface area contributed by atoms with Crippen molar-refractivity contribution >= 4 is 15.9 Å². The maximum Gasteiger partial charge on any atom is 0.0711 e. The normalized spacial score (nSPS) is 23.8. The van der Waals surface area contributed by atoms with Crippen LogP contribution in [-0.2, 0) is 6.54 Å². The largest absolute Gasteiger partial charge is 0.310 e. The molecule has 0 aliphatic carbocycles. The van der Waals surface area contributed by atoms with Crippen molar-refractivity contribution < 1.29 is 0 Å². The molecule has 1 aliphatic rings. The highest BCUT2D eigenvalue weighted by Gasteiger charge is 2.31. The molecule has 2 unspecified atom stereocenters. The Morgan fingerprint density at radius 3 is 2.85 bits per heavy atom. The van der Waals surface area contributed by atoms with Gasteiger partial charge in [-0.2, -0.15) is 5.10 Å². The predicted octanol–water partition coefficient (Wildman–Crippen LogP) is 1.56. The Morgan fingerprint density at radius 2 is 2.20 bits per heavy atom. The quantitative estimate of drug-likeness (QED) is 0.900.